The average Bonchev–Trinajstić information content (AvgIpc) is 2.71. The van der Waals surface area contributed by atoms with Crippen molar-refractivity contribution in [2.24, 2.45) is 16.6 Å². The maximum absolute atomic E-state index is 13.3. The van der Waals surface area contributed by atoms with Gasteiger partial charge in [0, 0.05) is 20.6 Å². The summed E-state index contributed by atoms with van der Waals surface area (Å²) in [5, 5.41) is 1.66. The third kappa shape index (κ3) is 8.19. The Morgan fingerprint density at radius 1 is 0.763 bits per heavy atom. The quantitative estimate of drug-likeness (QED) is 0.221. The monoisotopic (exact) mass is 570 g/mol. The number of carbonyl (C=O) groups is 1. The predicted octanol–water partition coefficient (Wildman–Crippen LogP) is 10.1. The number of rotatable bonds is 4. The molecule has 1 aromatic heterocycles. The second-order valence-corrected chi connectivity index (χ2v) is 18.7. The standard InChI is InChI=1S/C32H43NO2S3/c1-29(2,3)23-15-19(16-24(36-23)30(4,5)6)13-21-27(33)22(28(21)34)14-20-17-25(37-31(7,8)9)35-26(18-20)38-32(10,11)12/h13-18H,1-12H3,(H-,33,34)/p+1/b22-14-. The average molecular weight is 571 g/mol. The van der Waals surface area contributed by atoms with E-state index in [-0.39, 0.29) is 26.1 Å². The van der Waals surface area contributed by atoms with E-state index >= 15 is 0 Å². The smallest absolute Gasteiger partial charge is 0.389 e. The summed E-state index contributed by atoms with van der Waals surface area (Å²) in [6.07, 6.45) is 8.24. The van der Waals surface area contributed by atoms with Crippen LogP contribution in [0.2, 0.25) is 0 Å². The molecule has 0 saturated heterocycles. The van der Waals surface area contributed by atoms with Crippen molar-refractivity contribution in [1.82, 2.24) is 0 Å². The highest BCUT2D eigenvalue weighted by Crippen LogP contribution is 2.49. The molecule has 0 atom stereocenters. The Balaban J connectivity index is 2.03. The third-order valence-corrected chi connectivity index (χ3v) is 9.50. The first kappa shape index (κ1) is 30.9. The lowest BCUT2D eigenvalue weighted by Gasteiger charge is -2.32. The molecule has 3 nitrogen and oxygen atoms in total. The number of carbonyl (C=O) groups excluding carboxylic acids is 1. The second-order valence-electron chi connectivity index (χ2n) is 13.9. The highest BCUT2D eigenvalue weighted by Gasteiger charge is 2.33. The van der Waals surface area contributed by atoms with Gasteiger partial charge in [-0.25, -0.2) is 0 Å². The van der Waals surface area contributed by atoms with Gasteiger partial charge in [-0.2, -0.15) is 4.42 Å². The van der Waals surface area contributed by atoms with Gasteiger partial charge in [0.05, 0.1) is 17.8 Å². The van der Waals surface area contributed by atoms with Crippen LogP contribution in [0.3, 0.4) is 0 Å². The topological polar surface area (TPSA) is 54.4 Å². The van der Waals surface area contributed by atoms with E-state index in [0.717, 1.165) is 21.3 Å². The summed E-state index contributed by atoms with van der Waals surface area (Å²) in [6.45, 7) is 26.3. The Labute approximate surface area is 243 Å². The first-order valence-electron chi connectivity index (χ1n) is 13.1. The molecule has 0 radical (unpaired) electrons. The Kier molecular flexibility index (Phi) is 8.74. The van der Waals surface area contributed by atoms with E-state index in [9.17, 15) is 4.79 Å². The van der Waals surface area contributed by atoms with E-state index in [1.54, 1.807) is 23.5 Å². The van der Waals surface area contributed by atoms with Crippen LogP contribution in [0.1, 0.15) is 88.6 Å². The lowest BCUT2D eigenvalue weighted by molar-refractivity contribution is -0.112. The van der Waals surface area contributed by atoms with Crippen molar-refractivity contribution in [2.75, 3.05) is 0 Å². The Bertz CT molecular complexity index is 1220. The van der Waals surface area contributed by atoms with Crippen molar-refractivity contribution in [1.29, 1.82) is 0 Å². The summed E-state index contributed by atoms with van der Waals surface area (Å²) < 4.78 is 6.20. The molecule has 0 amide bonds. The maximum Gasteiger partial charge on any atom is 0.389 e. The zero-order chi connectivity index (χ0) is 28.8. The van der Waals surface area contributed by atoms with E-state index in [1.165, 1.54) is 9.81 Å². The molecule has 0 bridgehead atoms. The molecule has 206 valence electrons. The molecule has 0 spiro atoms. The molecule has 6 heteroatoms. The number of hydrogen-bond acceptors (Lipinski definition) is 5. The minimum Gasteiger partial charge on any atom is -0.398 e. The highest BCUT2D eigenvalue weighted by molar-refractivity contribution is 8.06. The van der Waals surface area contributed by atoms with Crippen LogP contribution in [-0.2, 0) is 4.79 Å². The van der Waals surface area contributed by atoms with Gasteiger partial charge in [-0.3, -0.25) is 4.79 Å². The number of hydrogen-bond donors (Lipinski definition) is 1. The molecule has 38 heavy (non-hydrogen) atoms. The fourth-order valence-corrected chi connectivity index (χ4v) is 6.85. The molecule has 1 aliphatic heterocycles. The van der Waals surface area contributed by atoms with Crippen LogP contribution in [0.25, 0.3) is 6.08 Å². The van der Waals surface area contributed by atoms with E-state index in [0.29, 0.717) is 16.8 Å². The van der Waals surface area contributed by atoms with E-state index in [2.05, 4.69) is 95.2 Å². The molecular formula is C32H44NO2S3+. The molecule has 2 aliphatic rings. The molecule has 0 fully saturated rings. The third-order valence-electron chi connectivity index (χ3n) is 5.57. The zero-order valence-corrected chi connectivity index (χ0v) is 27.5. The Morgan fingerprint density at radius 2 is 1.21 bits per heavy atom. The summed E-state index contributed by atoms with van der Waals surface area (Å²) >= 11 is 5.19. The van der Waals surface area contributed by atoms with E-state index in [1.807, 2.05) is 36.0 Å². The first-order valence-corrected chi connectivity index (χ1v) is 15.5. The van der Waals surface area contributed by atoms with Crippen molar-refractivity contribution < 1.29 is 9.21 Å². The van der Waals surface area contributed by atoms with Gasteiger partial charge < -0.3 is 5.73 Å². The minimum absolute atomic E-state index is 0.000637. The van der Waals surface area contributed by atoms with Gasteiger partial charge in [-0.05, 0) is 79.6 Å². The van der Waals surface area contributed by atoms with Gasteiger partial charge in [0.2, 0.25) is 0 Å². The molecule has 0 aromatic carbocycles. The lowest BCUT2D eigenvalue weighted by Crippen LogP contribution is -2.26. The van der Waals surface area contributed by atoms with Crippen LogP contribution in [0.5, 0.6) is 0 Å². The van der Waals surface area contributed by atoms with Crippen molar-refractivity contribution in [3.05, 3.63) is 68.2 Å². The van der Waals surface area contributed by atoms with E-state index in [4.69, 9.17) is 10.2 Å². The molecule has 0 saturated carbocycles. The highest BCUT2D eigenvalue weighted by atomic mass is 32.2. The van der Waals surface area contributed by atoms with Gasteiger partial charge in [-0.1, -0.05) is 94.8 Å². The molecular weight excluding hydrogens is 527 g/mol. The lowest BCUT2D eigenvalue weighted by atomic mass is 9.83. The van der Waals surface area contributed by atoms with Crippen LogP contribution >= 0.6 is 35.3 Å². The molecule has 1 aliphatic carbocycles. The van der Waals surface area contributed by atoms with Gasteiger partial charge in [-0.15, -0.1) is 0 Å². The van der Waals surface area contributed by atoms with Gasteiger partial charge in [0.15, 0.2) is 5.78 Å². The normalized spacial score (nSPS) is 18.5. The maximum atomic E-state index is 13.3. The summed E-state index contributed by atoms with van der Waals surface area (Å²) in [6, 6.07) is 4.00. The van der Waals surface area contributed by atoms with Crippen LogP contribution < -0.4 is 5.73 Å². The minimum atomic E-state index is -0.0134. The first-order chi connectivity index (χ1) is 17.1. The van der Waals surface area contributed by atoms with Crippen molar-refractivity contribution in [3.8, 4) is 0 Å². The summed E-state index contributed by atoms with van der Waals surface area (Å²) in [7, 11) is 0. The van der Waals surface area contributed by atoms with Crippen molar-refractivity contribution in [2.45, 2.75) is 103 Å². The van der Waals surface area contributed by atoms with Gasteiger partial charge >= 0.3 is 10.2 Å². The second kappa shape index (κ2) is 10.7. The fourth-order valence-electron chi connectivity index (χ4n) is 3.70. The molecule has 2 N–H and O–H groups in total. The SMILES string of the molecule is CC(C)(C)Sc1cc(/C=C2\C(=O)C(C=C3C=C(C(C)(C)C)SC(C(C)(C)C)=C3)=C2N)cc(SC(C)(C)C)[o+]1. The molecule has 3 rings (SSSR count). The summed E-state index contributed by atoms with van der Waals surface area (Å²) in [5.41, 5.74) is 10.2. The van der Waals surface area contributed by atoms with Gasteiger partial charge in [0.25, 0.3) is 0 Å². The summed E-state index contributed by atoms with van der Waals surface area (Å²) in [5.74, 6) is -0.0134. The molecule has 1 aromatic rings. The number of allylic oxidation sites excluding steroid dienone is 8. The predicted molar refractivity (Wildman–Crippen MR) is 169 cm³/mol. The van der Waals surface area contributed by atoms with E-state index < -0.39 is 0 Å². The van der Waals surface area contributed by atoms with Crippen molar-refractivity contribution in [3.63, 3.8) is 0 Å². The van der Waals surface area contributed by atoms with Crippen LogP contribution in [-0.4, -0.2) is 15.3 Å². The Hall–Kier alpha value is -1.63. The molecule has 2 heterocycles. The largest absolute Gasteiger partial charge is 0.398 e. The fraction of sp³-hybridized carbons (Fsp3) is 0.500. The van der Waals surface area contributed by atoms with Crippen LogP contribution in [0.15, 0.2) is 77.2 Å². The number of nitrogens with two attached hydrogens (primary N) is 1. The van der Waals surface area contributed by atoms with Crippen LogP contribution in [0.4, 0.5) is 0 Å². The number of thioether (sulfide) groups is 3. The number of Topliss-reactive ketones (excluding diaryl/α,β-unsaturated/α-hetero) is 1. The zero-order valence-electron chi connectivity index (χ0n) is 25.1. The Morgan fingerprint density at radius 3 is 1.58 bits per heavy atom. The summed E-state index contributed by atoms with van der Waals surface area (Å²) in [4.78, 5) is 15.9. The van der Waals surface area contributed by atoms with Crippen molar-refractivity contribution >= 4 is 47.1 Å². The van der Waals surface area contributed by atoms with Crippen LogP contribution in [0, 0.1) is 10.8 Å². The molecule has 0 unspecified atom stereocenters. The van der Waals surface area contributed by atoms with Gasteiger partial charge in [0.1, 0.15) is 0 Å². The number of ketones is 1.